The van der Waals surface area contributed by atoms with Gasteiger partial charge in [-0.1, -0.05) is 24.1 Å². The van der Waals surface area contributed by atoms with Gasteiger partial charge in [0.25, 0.3) is 0 Å². The summed E-state index contributed by atoms with van der Waals surface area (Å²) in [5.74, 6) is -0.982. The molecule has 4 aliphatic carbocycles. The fourth-order valence-electron chi connectivity index (χ4n) is 10.9. The maximum atomic E-state index is 14.2. The highest BCUT2D eigenvalue weighted by Crippen LogP contribution is 2.77. The molecule has 0 unspecified atom stereocenters. The van der Waals surface area contributed by atoms with E-state index in [1.54, 1.807) is 6.92 Å². The van der Waals surface area contributed by atoms with Crippen molar-refractivity contribution in [1.29, 1.82) is 0 Å². The smallest absolute Gasteiger partial charge is 0.334 e. The van der Waals surface area contributed by atoms with Crippen molar-refractivity contribution >= 4 is 11.8 Å². The average Bonchev–Trinajstić information content (AvgIpc) is 3.29. The first-order valence-corrected chi connectivity index (χ1v) is 16.7. The van der Waals surface area contributed by atoms with E-state index in [4.69, 9.17) is 18.9 Å². The molecule has 2 bridgehead atoms. The lowest BCUT2D eigenvalue weighted by Crippen LogP contribution is -2.65. The van der Waals surface area contributed by atoms with Gasteiger partial charge in [-0.05, 0) is 65.2 Å². The van der Waals surface area contributed by atoms with Crippen LogP contribution in [-0.4, -0.2) is 115 Å². The minimum Gasteiger partial charge on any atom is -0.455 e. The minimum atomic E-state index is -1.58. The van der Waals surface area contributed by atoms with Gasteiger partial charge in [-0.2, -0.15) is 0 Å². The monoisotopic (exact) mass is 648 g/mol. The van der Waals surface area contributed by atoms with E-state index in [0.29, 0.717) is 37.7 Å². The second-order valence-electron chi connectivity index (χ2n) is 15.6. The lowest BCUT2D eigenvalue weighted by atomic mass is 9.45. The van der Waals surface area contributed by atoms with Crippen LogP contribution in [0.25, 0.3) is 0 Å². The van der Waals surface area contributed by atoms with Crippen molar-refractivity contribution in [3.8, 4) is 0 Å². The Kier molecular flexibility index (Phi) is 7.40. The maximum absolute atomic E-state index is 14.2. The summed E-state index contributed by atoms with van der Waals surface area (Å²) < 4.78 is 24.5. The summed E-state index contributed by atoms with van der Waals surface area (Å²) in [6, 6.07) is 0. The van der Waals surface area contributed by atoms with Gasteiger partial charge in [-0.3, -0.25) is 4.79 Å². The van der Waals surface area contributed by atoms with Crippen molar-refractivity contribution in [3.05, 3.63) is 22.8 Å². The quantitative estimate of drug-likeness (QED) is 0.184. The summed E-state index contributed by atoms with van der Waals surface area (Å²) in [6.07, 6.45) is -4.95. The summed E-state index contributed by atoms with van der Waals surface area (Å²) in [4.78, 5) is 27.0. The molecule has 12 nitrogen and oxygen atoms in total. The molecule has 3 heterocycles. The largest absolute Gasteiger partial charge is 0.455 e. The Morgan fingerprint density at radius 3 is 2.37 bits per heavy atom. The van der Waals surface area contributed by atoms with E-state index in [0.717, 1.165) is 11.1 Å². The number of hydrogen-bond acceptors (Lipinski definition) is 12. The Morgan fingerprint density at radius 1 is 0.978 bits per heavy atom. The lowest BCUT2D eigenvalue weighted by Gasteiger charge is -2.60. The van der Waals surface area contributed by atoms with Crippen molar-refractivity contribution in [3.63, 3.8) is 0 Å². The van der Waals surface area contributed by atoms with Crippen molar-refractivity contribution in [2.75, 3.05) is 6.61 Å². The fraction of sp³-hybridized carbons (Fsp3) is 0.824. The zero-order valence-corrected chi connectivity index (χ0v) is 27.1. The molecular weight excluding hydrogens is 600 g/mol. The predicted octanol–water partition coefficient (Wildman–Crippen LogP) is 0.579. The summed E-state index contributed by atoms with van der Waals surface area (Å²) in [5, 5.41) is 64.9. The number of cyclic esters (lactones) is 1. The van der Waals surface area contributed by atoms with Crippen molar-refractivity contribution in [2.45, 2.75) is 145 Å². The fourth-order valence-corrected chi connectivity index (χ4v) is 10.9. The molecule has 12 heteroatoms. The number of allylic oxidation sites excluding steroid dienone is 1. The van der Waals surface area contributed by atoms with Gasteiger partial charge in [0, 0.05) is 30.3 Å². The van der Waals surface area contributed by atoms with Crippen LogP contribution in [0.3, 0.4) is 0 Å². The predicted molar refractivity (Wildman–Crippen MR) is 159 cm³/mol. The first kappa shape index (κ1) is 32.8. The third-order valence-corrected chi connectivity index (χ3v) is 13.9. The number of hydrogen-bond donors (Lipinski definition) is 6. The molecule has 0 spiro atoms. The number of esters is 1. The second-order valence-corrected chi connectivity index (χ2v) is 15.6. The third-order valence-electron chi connectivity index (χ3n) is 13.9. The molecule has 3 aliphatic heterocycles. The molecule has 7 aliphatic rings. The van der Waals surface area contributed by atoms with E-state index < -0.39 is 89.2 Å². The molecule has 7 rings (SSSR count). The topological polar surface area (TPSA) is 192 Å². The van der Waals surface area contributed by atoms with Crippen LogP contribution in [0.5, 0.6) is 0 Å². The number of ketones is 1. The van der Waals surface area contributed by atoms with Crippen LogP contribution in [0, 0.1) is 22.7 Å². The number of rotatable bonds is 4. The van der Waals surface area contributed by atoms with Crippen LogP contribution < -0.4 is 0 Å². The van der Waals surface area contributed by atoms with E-state index in [9.17, 15) is 40.2 Å². The van der Waals surface area contributed by atoms with Crippen LogP contribution in [-0.2, 0) is 28.5 Å². The van der Waals surface area contributed by atoms with Crippen molar-refractivity contribution in [1.82, 2.24) is 0 Å². The Morgan fingerprint density at radius 2 is 1.70 bits per heavy atom. The van der Waals surface area contributed by atoms with Crippen molar-refractivity contribution in [2.24, 2.45) is 22.7 Å². The molecule has 0 aromatic heterocycles. The van der Waals surface area contributed by atoms with E-state index >= 15 is 0 Å². The Balaban J connectivity index is 1.19. The second kappa shape index (κ2) is 10.4. The SMILES string of the molecule is CC1=C(C)C(=O)O[C@@H]([C@]2(C)O[C@]34[C@@H]5CC=C6C[C@@H](O[C@@H]7O[C@H](CO)[C@@H](O)[C@H](O)[C@H]7O)CC(=O)[C@]6(C)[C@H]5CC[C@]3(C)[C@]2(O)C[C@@H]4O)C1. The zero-order chi connectivity index (χ0) is 33.4. The van der Waals surface area contributed by atoms with Gasteiger partial charge in [-0.15, -0.1) is 0 Å². The minimum absolute atomic E-state index is 0.0183. The number of ether oxygens (including phenoxy) is 4. The Bertz CT molecular complexity index is 1390. The van der Waals surface area contributed by atoms with Crippen LogP contribution in [0.15, 0.2) is 22.8 Å². The summed E-state index contributed by atoms with van der Waals surface area (Å²) in [6.45, 7) is 8.78. The van der Waals surface area contributed by atoms with E-state index in [1.807, 2.05) is 33.8 Å². The van der Waals surface area contributed by atoms with Gasteiger partial charge < -0.3 is 49.6 Å². The summed E-state index contributed by atoms with van der Waals surface area (Å²) >= 11 is 0. The summed E-state index contributed by atoms with van der Waals surface area (Å²) in [7, 11) is 0. The third kappa shape index (κ3) is 3.82. The molecule has 0 aromatic rings. The molecule has 15 atom stereocenters. The molecule has 3 saturated carbocycles. The van der Waals surface area contributed by atoms with Crippen LogP contribution >= 0.6 is 0 Å². The average molecular weight is 649 g/mol. The highest BCUT2D eigenvalue weighted by atomic mass is 16.7. The standard InChI is InChI=1S/C34H48O12/c1-15-10-24(45-28(41)16(15)2)32(5)33(42)13-23(37)34(46-32)20-7-6-17-11-18(43-29-27(40)26(39)25(38)21(14-35)44-29)12-22(36)31(17,4)19(20)8-9-30(33,34)3/h6,18-21,23-27,29,35,37-40,42H,7-14H2,1-5H3/t18-,19+,20-,21-,23+,24-,25-,26+,27-,29-,30-,31+,32+,33-,34+/m1/s1. The van der Waals surface area contributed by atoms with E-state index in [1.165, 1.54) is 0 Å². The Labute approximate surface area is 268 Å². The van der Waals surface area contributed by atoms with Crippen LogP contribution in [0.1, 0.15) is 79.6 Å². The molecular formula is C34H48O12. The molecule has 2 saturated heterocycles. The molecule has 0 aromatic carbocycles. The Hall–Kier alpha value is -1.74. The van der Waals surface area contributed by atoms with E-state index in [2.05, 4.69) is 0 Å². The molecule has 46 heavy (non-hydrogen) atoms. The van der Waals surface area contributed by atoms with Gasteiger partial charge in [0.2, 0.25) is 0 Å². The van der Waals surface area contributed by atoms with Gasteiger partial charge in [-0.25, -0.2) is 4.79 Å². The van der Waals surface area contributed by atoms with Gasteiger partial charge in [0.05, 0.1) is 24.2 Å². The number of carbonyl (C=O) groups excluding carboxylic acids is 2. The molecule has 0 amide bonds. The van der Waals surface area contributed by atoms with Gasteiger partial charge in [0.1, 0.15) is 53.1 Å². The molecule has 6 N–H and O–H groups in total. The number of Topliss-reactive ketones (excluding diaryl/α,β-unsaturated/α-hetero) is 1. The van der Waals surface area contributed by atoms with Gasteiger partial charge in [0.15, 0.2) is 6.29 Å². The molecule has 256 valence electrons. The number of carbonyl (C=O) groups is 2. The van der Waals surface area contributed by atoms with Gasteiger partial charge >= 0.3 is 5.97 Å². The van der Waals surface area contributed by atoms with Crippen LogP contribution in [0.2, 0.25) is 0 Å². The highest BCUT2D eigenvalue weighted by molar-refractivity contribution is 5.90. The number of aliphatic hydroxyl groups excluding tert-OH is 5. The summed E-state index contributed by atoms with van der Waals surface area (Å²) in [5.41, 5.74) is -3.35. The van der Waals surface area contributed by atoms with Crippen LogP contribution in [0.4, 0.5) is 0 Å². The normalized spacial score (nSPS) is 55.0. The maximum Gasteiger partial charge on any atom is 0.334 e. The van der Waals surface area contributed by atoms with E-state index in [-0.39, 0.29) is 30.5 Å². The molecule has 5 fully saturated rings. The molecule has 0 radical (unpaired) electrons. The number of fused-ring (bicyclic) bond motifs is 3. The lowest BCUT2D eigenvalue weighted by molar-refractivity contribution is -0.312. The van der Waals surface area contributed by atoms with Crippen molar-refractivity contribution < 1.29 is 59.2 Å². The first-order valence-electron chi connectivity index (χ1n) is 16.7. The highest BCUT2D eigenvalue weighted by Gasteiger charge is 2.87. The first-order chi connectivity index (χ1) is 21.5. The number of aliphatic hydroxyl groups is 6. The zero-order valence-electron chi connectivity index (χ0n) is 27.1.